The second kappa shape index (κ2) is 9.61. The van der Waals surface area contributed by atoms with E-state index in [0.717, 1.165) is 12.1 Å². The van der Waals surface area contributed by atoms with Gasteiger partial charge in [-0.25, -0.2) is 14.0 Å². The van der Waals surface area contributed by atoms with Gasteiger partial charge in [0.05, 0.1) is 25.4 Å². The van der Waals surface area contributed by atoms with Crippen LogP contribution in [0.25, 0.3) is 0 Å². The van der Waals surface area contributed by atoms with Gasteiger partial charge in [-0.1, -0.05) is 12.1 Å². The Balaban J connectivity index is 2.22. The van der Waals surface area contributed by atoms with Gasteiger partial charge in [0.15, 0.2) is 0 Å². The van der Waals surface area contributed by atoms with E-state index in [-0.39, 0.29) is 25.2 Å². The normalized spacial score (nSPS) is 23.6. The van der Waals surface area contributed by atoms with Crippen LogP contribution < -0.4 is 4.74 Å². The fourth-order valence-corrected chi connectivity index (χ4v) is 2.98. The molecule has 0 amide bonds. The smallest absolute Gasteiger partial charge is 0.479 e. The van der Waals surface area contributed by atoms with E-state index < -0.39 is 54.5 Å². The van der Waals surface area contributed by atoms with Crippen LogP contribution in [-0.4, -0.2) is 60.6 Å². The van der Waals surface area contributed by atoms with Gasteiger partial charge in [-0.15, -0.1) is 13.2 Å². The Bertz CT molecular complexity index is 727. The Morgan fingerprint density at radius 1 is 1.23 bits per heavy atom. The average molecular weight is 438 g/mol. The molecular formula is C19H22F4O7. The SMILES string of the molecule is CCOC(=O)C(Cc1ccc(OC(F)(F)F)cc1)(OCC1CC(F)C(C)O1)C(=O)O. The van der Waals surface area contributed by atoms with Gasteiger partial charge in [0.25, 0.3) is 5.60 Å². The van der Waals surface area contributed by atoms with Crippen LogP contribution in [0, 0.1) is 0 Å². The number of benzene rings is 1. The number of carbonyl (C=O) groups is 2. The van der Waals surface area contributed by atoms with E-state index in [4.69, 9.17) is 14.2 Å². The predicted octanol–water partition coefficient (Wildman–Crippen LogP) is 3.05. The minimum atomic E-state index is -4.88. The van der Waals surface area contributed by atoms with Crippen molar-refractivity contribution >= 4 is 11.9 Å². The van der Waals surface area contributed by atoms with Crippen molar-refractivity contribution in [3.63, 3.8) is 0 Å². The van der Waals surface area contributed by atoms with E-state index in [1.54, 1.807) is 0 Å². The lowest BCUT2D eigenvalue weighted by Crippen LogP contribution is -2.53. The monoisotopic (exact) mass is 438 g/mol. The Labute approximate surface area is 169 Å². The lowest BCUT2D eigenvalue weighted by molar-refractivity contribution is -0.274. The summed E-state index contributed by atoms with van der Waals surface area (Å²) in [6.07, 6.45) is -8.14. The minimum Gasteiger partial charge on any atom is -0.479 e. The largest absolute Gasteiger partial charge is 0.573 e. The summed E-state index contributed by atoms with van der Waals surface area (Å²) in [6, 6.07) is 4.31. The first-order chi connectivity index (χ1) is 14.0. The minimum absolute atomic E-state index is 0.0246. The molecule has 7 nitrogen and oxygen atoms in total. The summed E-state index contributed by atoms with van der Waals surface area (Å²) in [4.78, 5) is 24.5. The van der Waals surface area contributed by atoms with Crippen LogP contribution in [0.15, 0.2) is 24.3 Å². The molecule has 1 saturated heterocycles. The second-order valence-electron chi connectivity index (χ2n) is 6.75. The highest BCUT2D eigenvalue weighted by atomic mass is 19.4. The third-order valence-electron chi connectivity index (χ3n) is 4.48. The number of carbonyl (C=O) groups excluding carboxylic acids is 1. The molecule has 1 heterocycles. The van der Waals surface area contributed by atoms with E-state index in [0.29, 0.717) is 0 Å². The van der Waals surface area contributed by atoms with Crippen LogP contribution in [0.3, 0.4) is 0 Å². The molecule has 4 unspecified atom stereocenters. The van der Waals surface area contributed by atoms with Gasteiger partial charge in [-0.2, -0.15) is 0 Å². The molecule has 168 valence electrons. The Morgan fingerprint density at radius 2 is 1.87 bits per heavy atom. The van der Waals surface area contributed by atoms with Gasteiger partial charge in [-0.3, -0.25) is 0 Å². The lowest BCUT2D eigenvalue weighted by Gasteiger charge is -2.28. The highest BCUT2D eigenvalue weighted by Gasteiger charge is 2.50. The van der Waals surface area contributed by atoms with Gasteiger partial charge in [0.1, 0.15) is 11.9 Å². The fraction of sp³-hybridized carbons (Fsp3) is 0.579. The molecule has 4 atom stereocenters. The number of carboxylic acids is 1. The maximum absolute atomic E-state index is 13.6. The Hall–Kier alpha value is -2.40. The summed E-state index contributed by atoms with van der Waals surface area (Å²) in [5, 5.41) is 9.75. The molecule has 0 spiro atoms. The number of carboxylic acid groups (broad SMARTS) is 1. The first kappa shape index (κ1) is 23.9. The number of alkyl halides is 4. The number of hydrogen-bond donors (Lipinski definition) is 1. The fourth-order valence-electron chi connectivity index (χ4n) is 2.98. The van der Waals surface area contributed by atoms with Crippen LogP contribution in [-0.2, 0) is 30.2 Å². The number of esters is 1. The van der Waals surface area contributed by atoms with Crippen molar-refractivity contribution in [3.8, 4) is 5.75 Å². The predicted molar refractivity (Wildman–Crippen MR) is 93.6 cm³/mol. The third-order valence-corrected chi connectivity index (χ3v) is 4.48. The zero-order valence-corrected chi connectivity index (χ0v) is 16.3. The molecule has 0 aromatic heterocycles. The number of hydrogen-bond acceptors (Lipinski definition) is 6. The zero-order valence-electron chi connectivity index (χ0n) is 16.3. The van der Waals surface area contributed by atoms with E-state index in [1.807, 2.05) is 0 Å². The first-order valence-electron chi connectivity index (χ1n) is 9.15. The average Bonchev–Trinajstić information content (AvgIpc) is 2.96. The topological polar surface area (TPSA) is 91.3 Å². The number of ether oxygens (including phenoxy) is 4. The van der Waals surface area contributed by atoms with Crippen molar-refractivity contribution in [3.05, 3.63) is 29.8 Å². The van der Waals surface area contributed by atoms with Crippen LogP contribution in [0.5, 0.6) is 5.75 Å². The summed E-state index contributed by atoms with van der Waals surface area (Å²) in [6.45, 7) is 2.48. The standard InChI is InChI=1S/C19H22F4O7/c1-3-27-17(26)18(16(24)25,28-10-14-8-15(20)11(2)29-14)9-12-4-6-13(7-5-12)30-19(21,22)23/h4-7,11,14-15H,3,8-10H2,1-2H3,(H,24,25). The van der Waals surface area contributed by atoms with E-state index >= 15 is 0 Å². The summed E-state index contributed by atoms with van der Waals surface area (Å²) < 4.78 is 69.9. The molecule has 0 saturated carbocycles. The van der Waals surface area contributed by atoms with E-state index in [2.05, 4.69) is 4.74 Å². The second-order valence-corrected chi connectivity index (χ2v) is 6.75. The first-order valence-corrected chi connectivity index (χ1v) is 9.15. The Kier molecular flexibility index (Phi) is 7.64. The van der Waals surface area contributed by atoms with Crippen LogP contribution >= 0.6 is 0 Å². The summed E-state index contributed by atoms with van der Waals surface area (Å²) in [5.74, 6) is -3.35. The summed E-state index contributed by atoms with van der Waals surface area (Å²) in [7, 11) is 0. The van der Waals surface area contributed by atoms with Gasteiger partial charge in [0.2, 0.25) is 0 Å². The molecule has 1 aliphatic rings. The van der Waals surface area contributed by atoms with Crippen molar-refractivity contribution in [2.75, 3.05) is 13.2 Å². The maximum atomic E-state index is 13.6. The third kappa shape index (κ3) is 6.05. The molecule has 1 aliphatic heterocycles. The lowest BCUT2D eigenvalue weighted by atomic mass is 9.94. The molecule has 1 aromatic carbocycles. The van der Waals surface area contributed by atoms with Gasteiger partial charge in [-0.05, 0) is 31.5 Å². The number of aliphatic carboxylic acids is 1. The molecule has 0 radical (unpaired) electrons. The maximum Gasteiger partial charge on any atom is 0.573 e. The van der Waals surface area contributed by atoms with Crippen molar-refractivity contribution < 1.29 is 51.2 Å². The van der Waals surface area contributed by atoms with Crippen molar-refractivity contribution in [1.82, 2.24) is 0 Å². The van der Waals surface area contributed by atoms with Crippen LogP contribution in [0.1, 0.15) is 25.8 Å². The highest BCUT2D eigenvalue weighted by Crippen LogP contribution is 2.28. The van der Waals surface area contributed by atoms with Crippen LogP contribution in [0.2, 0.25) is 0 Å². The van der Waals surface area contributed by atoms with Crippen molar-refractivity contribution in [2.24, 2.45) is 0 Å². The molecule has 2 rings (SSSR count). The van der Waals surface area contributed by atoms with E-state index in [1.165, 1.54) is 26.0 Å². The number of rotatable bonds is 9. The quantitative estimate of drug-likeness (QED) is 0.360. The van der Waals surface area contributed by atoms with Gasteiger partial charge in [0, 0.05) is 12.8 Å². The molecule has 1 N–H and O–H groups in total. The summed E-state index contributed by atoms with van der Waals surface area (Å²) in [5.41, 5.74) is -2.30. The highest BCUT2D eigenvalue weighted by molar-refractivity contribution is 6.03. The summed E-state index contributed by atoms with van der Waals surface area (Å²) >= 11 is 0. The Morgan fingerprint density at radius 3 is 2.33 bits per heavy atom. The molecule has 1 aromatic rings. The molecule has 11 heteroatoms. The van der Waals surface area contributed by atoms with Crippen LogP contribution in [0.4, 0.5) is 17.6 Å². The molecule has 0 bridgehead atoms. The van der Waals surface area contributed by atoms with Gasteiger partial charge >= 0.3 is 18.3 Å². The van der Waals surface area contributed by atoms with Gasteiger partial charge < -0.3 is 24.1 Å². The molecular weight excluding hydrogens is 416 g/mol. The molecule has 1 fully saturated rings. The molecule has 0 aliphatic carbocycles. The number of halogens is 4. The van der Waals surface area contributed by atoms with Crippen molar-refractivity contribution in [2.45, 2.75) is 57.0 Å². The van der Waals surface area contributed by atoms with Crippen molar-refractivity contribution in [1.29, 1.82) is 0 Å². The van der Waals surface area contributed by atoms with E-state index in [9.17, 15) is 32.3 Å². The zero-order chi connectivity index (χ0) is 22.5. The molecule has 30 heavy (non-hydrogen) atoms.